The minimum atomic E-state index is -0.318. The van der Waals surface area contributed by atoms with E-state index in [0.717, 1.165) is 23.1 Å². The van der Waals surface area contributed by atoms with Gasteiger partial charge in [0.15, 0.2) is 5.82 Å². The highest BCUT2D eigenvalue weighted by Crippen LogP contribution is 2.31. The van der Waals surface area contributed by atoms with Gasteiger partial charge in [0.25, 0.3) is 0 Å². The molecule has 116 valence electrons. The number of aromatic amines is 1. The summed E-state index contributed by atoms with van der Waals surface area (Å²) in [6, 6.07) is 4.74. The molecule has 1 N–H and O–H groups in total. The fourth-order valence-corrected chi connectivity index (χ4v) is 3.34. The third-order valence-electron chi connectivity index (χ3n) is 3.92. The van der Waals surface area contributed by atoms with Crippen molar-refractivity contribution in [1.29, 1.82) is 0 Å². The van der Waals surface area contributed by atoms with Gasteiger partial charge in [-0.3, -0.25) is 5.10 Å². The maximum atomic E-state index is 13.8. The van der Waals surface area contributed by atoms with Crippen molar-refractivity contribution in [2.75, 3.05) is 0 Å². The smallest absolute Gasteiger partial charge is 0.216 e. The van der Waals surface area contributed by atoms with E-state index in [1.54, 1.807) is 16.8 Å². The van der Waals surface area contributed by atoms with Crippen LogP contribution in [0.1, 0.15) is 49.4 Å². The Hall–Kier alpha value is -1.34. The summed E-state index contributed by atoms with van der Waals surface area (Å²) in [4.78, 5) is 0. The summed E-state index contributed by atoms with van der Waals surface area (Å²) in [7, 11) is 0. The summed E-state index contributed by atoms with van der Waals surface area (Å²) in [5.74, 6) is 0.892. The second kappa shape index (κ2) is 6.83. The van der Waals surface area contributed by atoms with E-state index < -0.39 is 0 Å². The van der Waals surface area contributed by atoms with Crippen LogP contribution in [-0.4, -0.2) is 21.1 Å². The molecule has 3 rings (SSSR count). The van der Waals surface area contributed by atoms with Crippen molar-refractivity contribution in [2.45, 2.75) is 38.0 Å². The zero-order valence-corrected chi connectivity index (χ0v) is 14.3. The zero-order chi connectivity index (χ0) is 15.5. The van der Waals surface area contributed by atoms with Crippen LogP contribution in [0.15, 0.2) is 27.8 Å². The molecule has 7 heteroatoms. The first-order valence-electron chi connectivity index (χ1n) is 7.32. The fourth-order valence-electron chi connectivity index (χ4n) is 2.77. The van der Waals surface area contributed by atoms with Gasteiger partial charge in [0.1, 0.15) is 5.82 Å². The number of benzene rings is 1. The molecule has 0 radical (unpaired) electrons. The summed E-state index contributed by atoms with van der Waals surface area (Å²) >= 11 is 8.58. The average molecular weight is 383 g/mol. The number of rotatable bonds is 3. The number of nitrogens with zero attached hydrogens (tertiary/aromatic N) is 3. The molecule has 1 aliphatic rings. The van der Waals surface area contributed by atoms with Gasteiger partial charge in [-0.1, -0.05) is 35.2 Å². The summed E-state index contributed by atoms with van der Waals surface area (Å²) in [6.07, 6.45) is 7.36. The predicted octanol–water partition coefficient (Wildman–Crippen LogP) is 4.77. The van der Waals surface area contributed by atoms with Gasteiger partial charge in [0, 0.05) is 16.0 Å². The first-order valence-corrected chi connectivity index (χ1v) is 8.52. The van der Waals surface area contributed by atoms with Crippen LogP contribution in [0.2, 0.25) is 0 Å². The van der Waals surface area contributed by atoms with Gasteiger partial charge in [-0.2, -0.15) is 14.9 Å². The van der Waals surface area contributed by atoms with Gasteiger partial charge in [-0.15, -0.1) is 0 Å². The lowest BCUT2D eigenvalue weighted by Crippen LogP contribution is -2.10. The van der Waals surface area contributed by atoms with Crippen LogP contribution in [0.25, 0.3) is 0 Å². The van der Waals surface area contributed by atoms with E-state index in [-0.39, 0.29) is 5.82 Å². The summed E-state index contributed by atoms with van der Waals surface area (Å²) in [5.41, 5.74) is 0.409. The van der Waals surface area contributed by atoms with Gasteiger partial charge < -0.3 is 0 Å². The van der Waals surface area contributed by atoms with Crippen LogP contribution in [0.3, 0.4) is 0 Å². The van der Waals surface area contributed by atoms with Crippen LogP contribution in [0, 0.1) is 10.6 Å². The van der Waals surface area contributed by atoms with Crippen molar-refractivity contribution in [3.05, 3.63) is 44.6 Å². The van der Waals surface area contributed by atoms with E-state index in [0.29, 0.717) is 16.3 Å². The van der Waals surface area contributed by atoms with Crippen LogP contribution in [-0.2, 0) is 0 Å². The SMILES string of the molecule is Fc1ccc(Br)cc1/C=N\n1c(C2CCCCC2)n[nH]c1=S. The fraction of sp³-hybridized carbons (Fsp3) is 0.400. The Morgan fingerprint density at radius 3 is 2.91 bits per heavy atom. The lowest BCUT2D eigenvalue weighted by atomic mass is 9.89. The highest BCUT2D eigenvalue weighted by atomic mass is 79.9. The number of halogens is 2. The molecule has 0 saturated heterocycles. The Labute approximate surface area is 141 Å². The third kappa shape index (κ3) is 3.35. The number of hydrogen-bond acceptors (Lipinski definition) is 3. The molecular formula is C15H16BrFN4S. The van der Waals surface area contributed by atoms with E-state index in [4.69, 9.17) is 12.2 Å². The molecule has 22 heavy (non-hydrogen) atoms. The lowest BCUT2D eigenvalue weighted by Gasteiger charge is -2.19. The Balaban J connectivity index is 1.91. The van der Waals surface area contributed by atoms with E-state index >= 15 is 0 Å². The first-order chi connectivity index (χ1) is 10.6. The Kier molecular flexibility index (Phi) is 4.83. The maximum Gasteiger partial charge on any atom is 0.216 e. The van der Waals surface area contributed by atoms with Crippen molar-refractivity contribution >= 4 is 34.4 Å². The monoisotopic (exact) mass is 382 g/mol. The molecular weight excluding hydrogens is 367 g/mol. The van der Waals surface area contributed by atoms with Crippen molar-refractivity contribution < 1.29 is 4.39 Å². The standard InChI is InChI=1S/C15H16BrFN4S/c16-12-6-7-13(17)11(8-12)9-18-21-14(19-20-15(21)22)10-4-2-1-3-5-10/h6-10H,1-5H2,(H,20,22)/b18-9-. The largest absolute Gasteiger partial charge is 0.250 e. The molecule has 0 aliphatic heterocycles. The number of nitrogens with one attached hydrogen (secondary N) is 1. The minimum Gasteiger partial charge on any atom is -0.250 e. The third-order valence-corrected chi connectivity index (χ3v) is 4.67. The van der Waals surface area contributed by atoms with E-state index in [1.807, 2.05) is 0 Å². The minimum absolute atomic E-state index is 0.318. The first kappa shape index (κ1) is 15.6. The van der Waals surface area contributed by atoms with Gasteiger partial charge >= 0.3 is 0 Å². The Morgan fingerprint density at radius 2 is 2.14 bits per heavy atom. The van der Waals surface area contributed by atoms with Crippen LogP contribution in [0.5, 0.6) is 0 Å². The summed E-state index contributed by atoms with van der Waals surface area (Å²) < 4.78 is 16.6. The van der Waals surface area contributed by atoms with Crippen LogP contribution in [0.4, 0.5) is 4.39 Å². The molecule has 0 atom stereocenters. The zero-order valence-electron chi connectivity index (χ0n) is 11.9. The predicted molar refractivity (Wildman–Crippen MR) is 90.3 cm³/mol. The average Bonchev–Trinajstić information content (AvgIpc) is 2.90. The molecule has 1 saturated carbocycles. The van der Waals surface area contributed by atoms with E-state index in [2.05, 4.69) is 31.2 Å². The molecule has 0 bridgehead atoms. The quantitative estimate of drug-likeness (QED) is 0.613. The van der Waals surface area contributed by atoms with Gasteiger partial charge in [0.05, 0.1) is 6.21 Å². The Morgan fingerprint density at radius 1 is 1.36 bits per heavy atom. The number of H-pyrrole nitrogens is 1. The van der Waals surface area contributed by atoms with Gasteiger partial charge in [-0.25, -0.2) is 4.39 Å². The second-order valence-corrected chi connectivity index (χ2v) is 6.75. The van der Waals surface area contributed by atoms with Crippen LogP contribution >= 0.6 is 28.1 Å². The van der Waals surface area contributed by atoms with Crippen molar-refractivity contribution in [1.82, 2.24) is 14.9 Å². The molecule has 0 unspecified atom stereocenters. The molecule has 1 aliphatic carbocycles. The molecule has 1 fully saturated rings. The molecule has 0 amide bonds. The topological polar surface area (TPSA) is 46.0 Å². The number of hydrogen-bond donors (Lipinski definition) is 1. The molecule has 1 aromatic heterocycles. The van der Waals surface area contributed by atoms with Gasteiger partial charge in [0.2, 0.25) is 4.77 Å². The molecule has 0 spiro atoms. The normalized spacial score (nSPS) is 16.5. The summed E-state index contributed by atoms with van der Waals surface area (Å²) in [5, 5.41) is 11.5. The molecule has 1 aromatic carbocycles. The van der Waals surface area contributed by atoms with Gasteiger partial charge in [-0.05, 0) is 43.3 Å². The second-order valence-electron chi connectivity index (χ2n) is 5.44. The van der Waals surface area contributed by atoms with Crippen LogP contribution < -0.4 is 0 Å². The summed E-state index contributed by atoms with van der Waals surface area (Å²) in [6.45, 7) is 0. The number of aromatic nitrogens is 3. The molecule has 4 nitrogen and oxygen atoms in total. The lowest BCUT2D eigenvalue weighted by molar-refractivity contribution is 0.419. The van der Waals surface area contributed by atoms with E-state index in [1.165, 1.54) is 31.5 Å². The van der Waals surface area contributed by atoms with E-state index in [9.17, 15) is 4.39 Å². The Bertz CT molecular complexity index is 746. The maximum absolute atomic E-state index is 13.8. The van der Waals surface area contributed by atoms with Crippen molar-refractivity contribution in [2.24, 2.45) is 5.10 Å². The molecule has 1 heterocycles. The van der Waals surface area contributed by atoms with Crippen molar-refractivity contribution in [3.63, 3.8) is 0 Å². The highest BCUT2D eigenvalue weighted by molar-refractivity contribution is 9.10. The highest BCUT2D eigenvalue weighted by Gasteiger charge is 2.21. The van der Waals surface area contributed by atoms with Crippen molar-refractivity contribution in [3.8, 4) is 0 Å². The molecule has 2 aromatic rings.